The van der Waals surface area contributed by atoms with E-state index in [0.29, 0.717) is 5.39 Å². The Morgan fingerprint density at radius 3 is 2.84 bits per heavy atom. The van der Waals surface area contributed by atoms with Crippen LogP contribution in [0.4, 0.5) is 0 Å². The summed E-state index contributed by atoms with van der Waals surface area (Å²) in [6, 6.07) is 2.34. The van der Waals surface area contributed by atoms with E-state index in [1.807, 2.05) is 0 Å². The predicted molar refractivity (Wildman–Crippen MR) is 71.3 cm³/mol. The average molecular weight is 280 g/mol. The Kier molecular flexibility index (Phi) is 3.66. The highest BCUT2D eigenvalue weighted by Gasteiger charge is 2.19. The molecule has 100 valence electrons. The van der Waals surface area contributed by atoms with Gasteiger partial charge in [0.05, 0.1) is 11.9 Å². The second-order valence-corrected chi connectivity index (χ2v) is 5.01. The molecule has 19 heavy (non-hydrogen) atoms. The molecule has 1 unspecified atom stereocenters. The maximum absolute atomic E-state index is 12.1. The number of thiophene rings is 1. The van der Waals surface area contributed by atoms with Crippen LogP contribution < -0.4 is 10.9 Å². The first-order valence-corrected chi connectivity index (χ1v) is 6.43. The summed E-state index contributed by atoms with van der Waals surface area (Å²) in [6.07, 6.45) is 1.54. The Hall–Kier alpha value is -2.15. The standard InChI is InChI=1S/C12H12N2O4S/c1-7(15)13-9(12(17)18)6-14-4-2-10-8(11(14)16)3-5-19-10/h2-5,9H,6H2,1H3,(H,13,15)(H,17,18). The normalized spacial score (nSPS) is 12.3. The Morgan fingerprint density at radius 2 is 2.21 bits per heavy atom. The third kappa shape index (κ3) is 2.82. The first kappa shape index (κ1) is 13.3. The van der Waals surface area contributed by atoms with Gasteiger partial charge in [-0.05, 0) is 17.5 Å². The summed E-state index contributed by atoms with van der Waals surface area (Å²) in [7, 11) is 0. The number of carbonyl (C=O) groups is 2. The number of hydrogen-bond acceptors (Lipinski definition) is 4. The van der Waals surface area contributed by atoms with E-state index in [2.05, 4.69) is 5.32 Å². The van der Waals surface area contributed by atoms with E-state index in [1.54, 1.807) is 23.7 Å². The lowest BCUT2D eigenvalue weighted by molar-refractivity contribution is -0.141. The number of rotatable bonds is 4. The highest BCUT2D eigenvalue weighted by molar-refractivity contribution is 7.17. The number of carboxylic acid groups (broad SMARTS) is 1. The van der Waals surface area contributed by atoms with Gasteiger partial charge in [-0.25, -0.2) is 4.79 Å². The summed E-state index contributed by atoms with van der Waals surface area (Å²) >= 11 is 1.45. The van der Waals surface area contributed by atoms with Gasteiger partial charge in [0.2, 0.25) is 5.91 Å². The zero-order chi connectivity index (χ0) is 14.0. The van der Waals surface area contributed by atoms with Crippen LogP contribution in [0.5, 0.6) is 0 Å². The van der Waals surface area contributed by atoms with Gasteiger partial charge in [0.15, 0.2) is 0 Å². The van der Waals surface area contributed by atoms with Crippen LogP contribution in [0.2, 0.25) is 0 Å². The largest absolute Gasteiger partial charge is 0.480 e. The van der Waals surface area contributed by atoms with Gasteiger partial charge in [-0.2, -0.15) is 0 Å². The van der Waals surface area contributed by atoms with E-state index in [0.717, 1.165) is 4.70 Å². The van der Waals surface area contributed by atoms with Crippen molar-refractivity contribution in [1.82, 2.24) is 9.88 Å². The first-order valence-electron chi connectivity index (χ1n) is 5.55. The van der Waals surface area contributed by atoms with E-state index >= 15 is 0 Å². The Labute approximate surface area is 112 Å². The van der Waals surface area contributed by atoms with Gasteiger partial charge in [-0.15, -0.1) is 11.3 Å². The maximum Gasteiger partial charge on any atom is 0.328 e. The van der Waals surface area contributed by atoms with Crippen LogP contribution in [0.3, 0.4) is 0 Å². The van der Waals surface area contributed by atoms with Gasteiger partial charge in [-0.1, -0.05) is 0 Å². The fraction of sp³-hybridized carbons (Fsp3) is 0.250. The van der Waals surface area contributed by atoms with Crippen LogP contribution in [-0.2, 0) is 16.1 Å². The van der Waals surface area contributed by atoms with Crippen molar-refractivity contribution in [2.45, 2.75) is 19.5 Å². The second-order valence-electron chi connectivity index (χ2n) is 4.06. The topological polar surface area (TPSA) is 88.4 Å². The molecule has 2 rings (SSSR count). The number of aliphatic carboxylic acids is 1. The third-order valence-corrected chi connectivity index (χ3v) is 3.53. The van der Waals surface area contributed by atoms with Crippen molar-refractivity contribution < 1.29 is 14.7 Å². The minimum atomic E-state index is -1.17. The van der Waals surface area contributed by atoms with E-state index < -0.39 is 17.9 Å². The molecular weight excluding hydrogens is 268 g/mol. The lowest BCUT2D eigenvalue weighted by Crippen LogP contribution is -2.44. The zero-order valence-electron chi connectivity index (χ0n) is 10.1. The van der Waals surface area contributed by atoms with Gasteiger partial charge < -0.3 is 15.0 Å². The molecule has 0 spiro atoms. The monoisotopic (exact) mass is 280 g/mol. The van der Waals surface area contributed by atoms with Gasteiger partial charge in [0.25, 0.3) is 5.56 Å². The smallest absolute Gasteiger partial charge is 0.328 e. The molecule has 0 aliphatic rings. The number of fused-ring (bicyclic) bond motifs is 1. The number of aromatic nitrogens is 1. The van der Waals surface area contributed by atoms with E-state index in [-0.39, 0.29) is 12.1 Å². The van der Waals surface area contributed by atoms with E-state index in [1.165, 1.54) is 22.8 Å². The third-order valence-electron chi connectivity index (χ3n) is 2.65. The molecule has 0 aliphatic carbocycles. The maximum atomic E-state index is 12.1. The number of carbonyl (C=O) groups excluding carboxylic acids is 1. The Balaban J connectivity index is 2.33. The molecular formula is C12H12N2O4S. The summed E-state index contributed by atoms with van der Waals surface area (Å²) in [5, 5.41) is 13.7. The SMILES string of the molecule is CC(=O)NC(Cn1ccc2sccc2c1=O)C(=O)O. The van der Waals surface area contributed by atoms with Crippen LogP contribution in [0.15, 0.2) is 28.5 Å². The number of carboxylic acids is 1. The van der Waals surface area contributed by atoms with Crippen LogP contribution in [0.1, 0.15) is 6.92 Å². The van der Waals surface area contributed by atoms with Gasteiger partial charge in [0.1, 0.15) is 6.04 Å². The van der Waals surface area contributed by atoms with Crippen molar-refractivity contribution in [3.8, 4) is 0 Å². The van der Waals surface area contributed by atoms with Crippen molar-refractivity contribution in [3.05, 3.63) is 34.1 Å². The van der Waals surface area contributed by atoms with Crippen LogP contribution in [-0.4, -0.2) is 27.6 Å². The van der Waals surface area contributed by atoms with Crippen molar-refractivity contribution in [2.24, 2.45) is 0 Å². The number of hydrogen-bond donors (Lipinski definition) is 2. The van der Waals surface area contributed by atoms with Gasteiger partial charge in [0, 0.05) is 17.8 Å². The van der Waals surface area contributed by atoms with Crippen molar-refractivity contribution in [2.75, 3.05) is 0 Å². The molecule has 6 nitrogen and oxygen atoms in total. The fourth-order valence-corrected chi connectivity index (χ4v) is 2.55. The molecule has 1 atom stereocenters. The fourth-order valence-electron chi connectivity index (χ4n) is 1.78. The minimum absolute atomic E-state index is 0.0977. The quantitative estimate of drug-likeness (QED) is 0.860. The van der Waals surface area contributed by atoms with Crippen LogP contribution >= 0.6 is 11.3 Å². The van der Waals surface area contributed by atoms with Crippen molar-refractivity contribution >= 4 is 33.3 Å². The van der Waals surface area contributed by atoms with Gasteiger partial charge >= 0.3 is 5.97 Å². The molecule has 1 amide bonds. The second kappa shape index (κ2) is 5.23. The molecule has 2 aromatic rings. The lowest BCUT2D eigenvalue weighted by Gasteiger charge is -2.14. The Bertz CT molecular complexity index is 688. The van der Waals surface area contributed by atoms with Gasteiger partial charge in [-0.3, -0.25) is 9.59 Å². The summed E-state index contributed by atoms with van der Waals surface area (Å²) < 4.78 is 2.15. The summed E-state index contributed by atoms with van der Waals surface area (Å²) in [5.41, 5.74) is -0.254. The van der Waals surface area contributed by atoms with E-state index in [9.17, 15) is 14.4 Å². The number of nitrogens with zero attached hydrogens (tertiary/aromatic N) is 1. The van der Waals surface area contributed by atoms with E-state index in [4.69, 9.17) is 5.11 Å². The molecule has 0 radical (unpaired) electrons. The summed E-state index contributed by atoms with van der Waals surface area (Å²) in [4.78, 5) is 34.1. The van der Waals surface area contributed by atoms with Crippen LogP contribution in [0.25, 0.3) is 10.1 Å². The highest BCUT2D eigenvalue weighted by atomic mass is 32.1. The minimum Gasteiger partial charge on any atom is -0.480 e. The number of pyridine rings is 1. The predicted octanol–water partition coefficient (Wildman–Crippen LogP) is 0.652. The molecule has 0 aliphatic heterocycles. The summed E-state index contributed by atoms with van der Waals surface area (Å²) in [5.74, 6) is -1.62. The molecule has 2 aromatic heterocycles. The molecule has 0 fully saturated rings. The highest BCUT2D eigenvalue weighted by Crippen LogP contribution is 2.16. The number of amides is 1. The van der Waals surface area contributed by atoms with Crippen LogP contribution in [0, 0.1) is 0 Å². The molecule has 0 aromatic carbocycles. The molecule has 2 N–H and O–H groups in total. The van der Waals surface area contributed by atoms with Crippen molar-refractivity contribution in [3.63, 3.8) is 0 Å². The summed E-state index contributed by atoms with van der Waals surface area (Å²) in [6.45, 7) is 1.14. The lowest BCUT2D eigenvalue weighted by atomic mass is 10.2. The average Bonchev–Trinajstić information content (AvgIpc) is 2.79. The molecule has 0 bridgehead atoms. The molecule has 2 heterocycles. The molecule has 0 saturated carbocycles. The zero-order valence-corrected chi connectivity index (χ0v) is 10.9. The first-order chi connectivity index (χ1) is 8.99. The molecule has 0 saturated heterocycles. The Morgan fingerprint density at radius 1 is 1.47 bits per heavy atom. The number of nitrogens with one attached hydrogen (secondary N) is 1. The van der Waals surface area contributed by atoms with Crippen molar-refractivity contribution in [1.29, 1.82) is 0 Å². The molecule has 7 heteroatoms.